The van der Waals surface area contributed by atoms with E-state index in [1.165, 1.54) is 4.88 Å². The second-order valence-electron chi connectivity index (χ2n) is 3.99. The summed E-state index contributed by atoms with van der Waals surface area (Å²) in [6.45, 7) is 4.89. The van der Waals surface area contributed by atoms with Crippen molar-refractivity contribution in [2.75, 3.05) is 5.73 Å². The van der Waals surface area contributed by atoms with Crippen LogP contribution in [0.3, 0.4) is 0 Å². The minimum atomic E-state index is 0.244. The van der Waals surface area contributed by atoms with Crippen LogP contribution in [0.4, 0.5) is 5.69 Å². The highest BCUT2D eigenvalue weighted by Gasteiger charge is 2.08. The van der Waals surface area contributed by atoms with Crippen molar-refractivity contribution in [3.05, 3.63) is 40.1 Å². The average Bonchev–Trinajstić information content (AvgIpc) is 2.75. The summed E-state index contributed by atoms with van der Waals surface area (Å²) in [5.74, 6) is 0. The molecule has 0 fully saturated rings. The van der Waals surface area contributed by atoms with Crippen LogP contribution in [0.25, 0.3) is 0 Å². The molecule has 1 unspecified atom stereocenters. The van der Waals surface area contributed by atoms with Crippen molar-refractivity contribution in [3.8, 4) is 0 Å². The van der Waals surface area contributed by atoms with Crippen molar-refractivity contribution in [3.63, 3.8) is 0 Å². The second kappa shape index (κ2) is 5.25. The van der Waals surface area contributed by atoms with E-state index in [4.69, 9.17) is 5.73 Å². The van der Waals surface area contributed by atoms with Crippen LogP contribution in [-0.2, 0) is 6.54 Å². The molecule has 2 aromatic rings. The summed E-state index contributed by atoms with van der Waals surface area (Å²) in [6, 6.07) is 4.04. The number of thiazole rings is 1. The SMILES string of the molecule is Cc1cnc(C(C)NCc2ccc(N)cn2)s1. The molecule has 3 N–H and O–H groups in total. The number of nitrogens with zero attached hydrogens (tertiary/aromatic N) is 2. The molecule has 1 atom stereocenters. The average molecular weight is 248 g/mol. The van der Waals surface area contributed by atoms with Gasteiger partial charge in [-0.25, -0.2) is 4.98 Å². The van der Waals surface area contributed by atoms with Gasteiger partial charge in [0.2, 0.25) is 0 Å². The summed E-state index contributed by atoms with van der Waals surface area (Å²) in [5, 5.41) is 4.50. The van der Waals surface area contributed by atoms with Crippen LogP contribution in [0.5, 0.6) is 0 Å². The van der Waals surface area contributed by atoms with Crippen molar-refractivity contribution >= 4 is 17.0 Å². The molecule has 2 rings (SSSR count). The molecule has 4 nitrogen and oxygen atoms in total. The van der Waals surface area contributed by atoms with Gasteiger partial charge >= 0.3 is 0 Å². The van der Waals surface area contributed by atoms with E-state index in [0.29, 0.717) is 5.69 Å². The lowest BCUT2D eigenvalue weighted by Crippen LogP contribution is -2.18. The first kappa shape index (κ1) is 12.0. The van der Waals surface area contributed by atoms with E-state index in [1.807, 2.05) is 18.3 Å². The van der Waals surface area contributed by atoms with E-state index in [2.05, 4.69) is 29.1 Å². The van der Waals surface area contributed by atoms with E-state index in [9.17, 15) is 0 Å². The Labute approximate surface area is 105 Å². The van der Waals surface area contributed by atoms with Crippen molar-refractivity contribution in [1.82, 2.24) is 15.3 Å². The van der Waals surface area contributed by atoms with Crippen LogP contribution in [0.1, 0.15) is 28.5 Å². The lowest BCUT2D eigenvalue weighted by Gasteiger charge is -2.10. The van der Waals surface area contributed by atoms with E-state index < -0.39 is 0 Å². The molecule has 90 valence electrons. The van der Waals surface area contributed by atoms with Crippen LogP contribution < -0.4 is 11.1 Å². The Kier molecular flexibility index (Phi) is 3.71. The minimum absolute atomic E-state index is 0.244. The molecule has 0 aliphatic carbocycles. The lowest BCUT2D eigenvalue weighted by molar-refractivity contribution is 0.565. The molecule has 0 amide bonds. The molecule has 0 bridgehead atoms. The molecule has 0 spiro atoms. The summed E-state index contributed by atoms with van der Waals surface area (Å²) in [7, 11) is 0. The number of nitrogens with two attached hydrogens (primary N) is 1. The number of nitrogens with one attached hydrogen (secondary N) is 1. The van der Waals surface area contributed by atoms with E-state index in [0.717, 1.165) is 17.2 Å². The molecule has 5 heteroatoms. The van der Waals surface area contributed by atoms with Gasteiger partial charge in [-0.1, -0.05) is 0 Å². The topological polar surface area (TPSA) is 63.8 Å². The number of hydrogen-bond acceptors (Lipinski definition) is 5. The van der Waals surface area contributed by atoms with Gasteiger partial charge in [-0.2, -0.15) is 0 Å². The summed E-state index contributed by atoms with van der Waals surface area (Å²) in [6.07, 6.45) is 3.58. The maximum atomic E-state index is 5.59. The summed E-state index contributed by atoms with van der Waals surface area (Å²) in [4.78, 5) is 9.84. The third kappa shape index (κ3) is 3.25. The molecule has 0 saturated heterocycles. The van der Waals surface area contributed by atoms with Gasteiger partial charge in [0.15, 0.2) is 0 Å². The number of rotatable bonds is 4. The molecule has 0 radical (unpaired) electrons. The minimum Gasteiger partial charge on any atom is -0.397 e. The third-order valence-electron chi connectivity index (χ3n) is 2.45. The Morgan fingerprint density at radius 3 is 2.76 bits per heavy atom. The Morgan fingerprint density at radius 1 is 1.35 bits per heavy atom. The van der Waals surface area contributed by atoms with Crippen LogP contribution >= 0.6 is 11.3 Å². The van der Waals surface area contributed by atoms with Crippen molar-refractivity contribution in [2.24, 2.45) is 0 Å². The molecule has 0 aliphatic heterocycles. The smallest absolute Gasteiger partial charge is 0.109 e. The lowest BCUT2D eigenvalue weighted by atomic mass is 10.3. The van der Waals surface area contributed by atoms with Crippen LogP contribution in [0.2, 0.25) is 0 Å². The van der Waals surface area contributed by atoms with Gasteiger partial charge < -0.3 is 11.1 Å². The van der Waals surface area contributed by atoms with E-state index in [1.54, 1.807) is 17.5 Å². The molecule has 0 aromatic carbocycles. The van der Waals surface area contributed by atoms with Crippen molar-refractivity contribution < 1.29 is 0 Å². The number of aryl methyl sites for hydroxylation is 1. The highest BCUT2D eigenvalue weighted by atomic mass is 32.1. The van der Waals surface area contributed by atoms with E-state index >= 15 is 0 Å². The van der Waals surface area contributed by atoms with Gasteiger partial charge in [0.25, 0.3) is 0 Å². The van der Waals surface area contributed by atoms with Crippen LogP contribution in [0, 0.1) is 6.92 Å². The fourth-order valence-electron chi connectivity index (χ4n) is 1.46. The van der Waals surface area contributed by atoms with Gasteiger partial charge in [-0.3, -0.25) is 4.98 Å². The fraction of sp³-hybridized carbons (Fsp3) is 0.333. The van der Waals surface area contributed by atoms with Crippen molar-refractivity contribution in [2.45, 2.75) is 26.4 Å². The van der Waals surface area contributed by atoms with Gasteiger partial charge in [0, 0.05) is 17.6 Å². The second-order valence-corrected chi connectivity index (χ2v) is 5.26. The summed E-state index contributed by atoms with van der Waals surface area (Å²) >= 11 is 1.72. The zero-order valence-electron chi connectivity index (χ0n) is 9.97. The standard InChI is InChI=1S/C12H16N4S/c1-8-5-16-12(17-8)9(2)14-7-11-4-3-10(13)6-15-11/h3-6,9,14H,7,13H2,1-2H3. The highest BCUT2D eigenvalue weighted by Crippen LogP contribution is 2.19. The summed E-state index contributed by atoms with van der Waals surface area (Å²) in [5.41, 5.74) is 7.26. The first-order valence-electron chi connectivity index (χ1n) is 5.51. The van der Waals surface area contributed by atoms with Gasteiger partial charge in [0.05, 0.1) is 23.6 Å². The number of nitrogen functional groups attached to an aromatic ring is 1. The molecule has 2 heterocycles. The molecular weight excluding hydrogens is 232 g/mol. The Hall–Kier alpha value is -1.46. The number of hydrogen-bond donors (Lipinski definition) is 2. The zero-order chi connectivity index (χ0) is 12.3. The predicted molar refractivity (Wildman–Crippen MR) is 70.8 cm³/mol. The fourth-order valence-corrected chi connectivity index (χ4v) is 2.26. The molecule has 17 heavy (non-hydrogen) atoms. The first-order chi connectivity index (χ1) is 8.15. The Balaban J connectivity index is 1.92. The third-order valence-corrected chi connectivity index (χ3v) is 3.54. The van der Waals surface area contributed by atoms with E-state index in [-0.39, 0.29) is 6.04 Å². The van der Waals surface area contributed by atoms with Gasteiger partial charge in [-0.05, 0) is 26.0 Å². The molecule has 2 aromatic heterocycles. The molecule has 0 saturated carbocycles. The first-order valence-corrected chi connectivity index (χ1v) is 6.33. The Bertz CT molecular complexity index is 478. The molecule has 0 aliphatic rings. The van der Waals surface area contributed by atoms with Crippen LogP contribution in [-0.4, -0.2) is 9.97 Å². The largest absolute Gasteiger partial charge is 0.397 e. The monoisotopic (exact) mass is 248 g/mol. The highest BCUT2D eigenvalue weighted by molar-refractivity contribution is 7.11. The molecular formula is C12H16N4S. The summed E-state index contributed by atoms with van der Waals surface area (Å²) < 4.78 is 0. The quantitative estimate of drug-likeness (QED) is 0.871. The normalized spacial score (nSPS) is 12.6. The number of anilines is 1. The number of pyridine rings is 1. The van der Waals surface area contributed by atoms with Crippen LogP contribution in [0.15, 0.2) is 24.5 Å². The van der Waals surface area contributed by atoms with Gasteiger partial charge in [-0.15, -0.1) is 11.3 Å². The van der Waals surface area contributed by atoms with Gasteiger partial charge in [0.1, 0.15) is 5.01 Å². The number of aromatic nitrogens is 2. The maximum Gasteiger partial charge on any atom is 0.109 e. The maximum absolute atomic E-state index is 5.59. The predicted octanol–water partition coefficient (Wildman–Crippen LogP) is 2.28. The zero-order valence-corrected chi connectivity index (χ0v) is 10.8. The Morgan fingerprint density at radius 2 is 2.18 bits per heavy atom. The van der Waals surface area contributed by atoms with Crippen molar-refractivity contribution in [1.29, 1.82) is 0 Å².